The number of aromatic nitrogens is 3. The van der Waals surface area contributed by atoms with E-state index in [2.05, 4.69) is 20.0 Å². The topological polar surface area (TPSA) is 84.6 Å². The molecular formula is C24H22ClN5O3S. The molecule has 1 fully saturated rings. The summed E-state index contributed by atoms with van der Waals surface area (Å²) in [6, 6.07) is 15.0. The molecule has 2 aromatic heterocycles. The van der Waals surface area contributed by atoms with Gasteiger partial charge in [0.1, 0.15) is 16.5 Å². The third-order valence-electron chi connectivity index (χ3n) is 5.65. The number of carbonyl (C=O) groups excluding carboxylic acids is 1. The van der Waals surface area contributed by atoms with Gasteiger partial charge in [0, 0.05) is 42.1 Å². The number of hydrogen-bond acceptors (Lipinski definition) is 8. The van der Waals surface area contributed by atoms with E-state index >= 15 is 0 Å². The van der Waals surface area contributed by atoms with E-state index in [-0.39, 0.29) is 5.91 Å². The van der Waals surface area contributed by atoms with Gasteiger partial charge < -0.3 is 14.2 Å². The molecular weight excluding hydrogens is 474 g/mol. The molecule has 0 saturated carbocycles. The maximum Gasteiger partial charge on any atom is 0.273 e. The monoisotopic (exact) mass is 495 g/mol. The lowest BCUT2D eigenvalue weighted by atomic mass is 10.2. The summed E-state index contributed by atoms with van der Waals surface area (Å²) in [6.07, 6.45) is 0. The van der Waals surface area contributed by atoms with E-state index in [4.69, 9.17) is 20.9 Å². The number of rotatable bonds is 6. The molecule has 0 bridgehead atoms. The van der Waals surface area contributed by atoms with Gasteiger partial charge in [-0.3, -0.25) is 9.69 Å². The lowest BCUT2D eigenvalue weighted by Crippen LogP contribution is -2.48. The summed E-state index contributed by atoms with van der Waals surface area (Å²) in [5.74, 6) is 1.77. The molecule has 1 amide bonds. The minimum absolute atomic E-state index is 0.0557. The number of nitrogens with zero attached hydrogens (tertiary/aromatic N) is 5. The first-order valence-electron chi connectivity index (χ1n) is 10.8. The number of piperazine rings is 1. The van der Waals surface area contributed by atoms with E-state index in [1.54, 1.807) is 19.2 Å². The maximum atomic E-state index is 13.0. The fourth-order valence-electron chi connectivity index (χ4n) is 3.81. The molecule has 0 N–H and O–H groups in total. The van der Waals surface area contributed by atoms with Crippen LogP contribution in [0.4, 0.5) is 0 Å². The fourth-order valence-corrected chi connectivity index (χ4v) is 4.76. The zero-order valence-electron chi connectivity index (χ0n) is 18.5. The number of ether oxygens (including phenoxy) is 1. The Bertz CT molecular complexity index is 1280. The third kappa shape index (κ3) is 4.82. The van der Waals surface area contributed by atoms with Crippen LogP contribution in [0.1, 0.15) is 16.4 Å². The summed E-state index contributed by atoms with van der Waals surface area (Å²) in [5, 5.41) is 7.31. The van der Waals surface area contributed by atoms with Gasteiger partial charge in [-0.1, -0.05) is 28.9 Å². The highest BCUT2D eigenvalue weighted by Crippen LogP contribution is 2.32. The highest BCUT2D eigenvalue weighted by Gasteiger charge is 2.25. The predicted octanol–water partition coefficient (Wildman–Crippen LogP) is 4.48. The van der Waals surface area contributed by atoms with Crippen LogP contribution in [0.3, 0.4) is 0 Å². The minimum atomic E-state index is -0.0557. The van der Waals surface area contributed by atoms with Gasteiger partial charge in [-0.2, -0.15) is 4.98 Å². The minimum Gasteiger partial charge on any atom is -0.496 e. The van der Waals surface area contributed by atoms with E-state index in [0.717, 1.165) is 21.9 Å². The summed E-state index contributed by atoms with van der Waals surface area (Å²) in [6.45, 7) is 3.19. The number of benzene rings is 2. The van der Waals surface area contributed by atoms with Crippen LogP contribution in [0.5, 0.6) is 5.75 Å². The van der Waals surface area contributed by atoms with E-state index in [1.807, 2.05) is 46.7 Å². The number of methoxy groups -OCH3 is 1. The second-order valence-electron chi connectivity index (χ2n) is 7.83. The molecule has 3 heterocycles. The Balaban J connectivity index is 1.18. The number of hydrogen-bond donors (Lipinski definition) is 0. The quantitative estimate of drug-likeness (QED) is 0.390. The Morgan fingerprint density at radius 3 is 2.62 bits per heavy atom. The van der Waals surface area contributed by atoms with Crippen molar-refractivity contribution in [2.24, 2.45) is 0 Å². The molecule has 1 aliphatic rings. The van der Waals surface area contributed by atoms with Crippen LogP contribution in [0.25, 0.3) is 22.0 Å². The molecule has 0 atom stereocenters. The van der Waals surface area contributed by atoms with Crippen molar-refractivity contribution in [3.8, 4) is 27.7 Å². The van der Waals surface area contributed by atoms with Gasteiger partial charge in [0.05, 0.1) is 19.2 Å². The standard InChI is InChI=1S/C24H22ClN5O3S/c1-32-20-5-3-2-4-18(20)23-26-19(15-34-23)24(31)30-12-10-29(11-13-30)14-21-27-22(28-33-21)16-6-8-17(25)9-7-16/h2-9,15H,10-14H2,1H3. The molecule has 0 spiro atoms. The Labute approximate surface area is 205 Å². The van der Waals surface area contributed by atoms with Crippen LogP contribution < -0.4 is 4.74 Å². The van der Waals surface area contributed by atoms with Gasteiger partial charge in [0.15, 0.2) is 0 Å². The third-order valence-corrected chi connectivity index (χ3v) is 6.78. The van der Waals surface area contributed by atoms with Crippen LogP contribution >= 0.6 is 22.9 Å². The van der Waals surface area contributed by atoms with Gasteiger partial charge in [0.25, 0.3) is 5.91 Å². The van der Waals surface area contributed by atoms with E-state index < -0.39 is 0 Å². The SMILES string of the molecule is COc1ccccc1-c1nc(C(=O)N2CCN(Cc3nc(-c4ccc(Cl)cc4)no3)CC2)cs1. The van der Waals surface area contributed by atoms with E-state index in [9.17, 15) is 4.79 Å². The average Bonchev–Trinajstić information content (AvgIpc) is 3.55. The number of para-hydroxylation sites is 1. The van der Waals surface area contributed by atoms with Crippen molar-refractivity contribution in [3.05, 3.63) is 70.5 Å². The largest absolute Gasteiger partial charge is 0.496 e. The van der Waals surface area contributed by atoms with Crippen molar-refractivity contribution in [2.45, 2.75) is 6.54 Å². The van der Waals surface area contributed by atoms with Crippen LogP contribution in [0.15, 0.2) is 58.4 Å². The molecule has 8 nitrogen and oxygen atoms in total. The summed E-state index contributed by atoms with van der Waals surface area (Å²) in [4.78, 5) is 26.1. The highest BCUT2D eigenvalue weighted by atomic mass is 35.5. The van der Waals surface area contributed by atoms with Crippen molar-refractivity contribution < 1.29 is 14.1 Å². The van der Waals surface area contributed by atoms with Crippen molar-refractivity contribution in [1.29, 1.82) is 0 Å². The molecule has 2 aromatic carbocycles. The molecule has 1 saturated heterocycles. The number of amides is 1. The van der Waals surface area contributed by atoms with Gasteiger partial charge >= 0.3 is 0 Å². The van der Waals surface area contributed by atoms with Gasteiger partial charge in [-0.15, -0.1) is 11.3 Å². The Morgan fingerprint density at radius 2 is 1.85 bits per heavy atom. The zero-order chi connectivity index (χ0) is 23.5. The lowest BCUT2D eigenvalue weighted by molar-refractivity contribution is 0.0610. The zero-order valence-corrected chi connectivity index (χ0v) is 20.1. The number of thiazole rings is 1. The molecule has 1 aliphatic heterocycles. The van der Waals surface area contributed by atoms with Crippen molar-refractivity contribution in [1.82, 2.24) is 24.9 Å². The van der Waals surface area contributed by atoms with E-state index in [1.165, 1.54) is 11.3 Å². The maximum absolute atomic E-state index is 13.0. The normalized spacial score (nSPS) is 14.4. The van der Waals surface area contributed by atoms with Crippen molar-refractivity contribution in [2.75, 3.05) is 33.3 Å². The molecule has 174 valence electrons. The van der Waals surface area contributed by atoms with Crippen molar-refractivity contribution >= 4 is 28.8 Å². The average molecular weight is 496 g/mol. The summed E-state index contributed by atoms with van der Waals surface area (Å²) < 4.78 is 10.8. The van der Waals surface area contributed by atoms with Crippen LogP contribution in [-0.2, 0) is 6.54 Å². The van der Waals surface area contributed by atoms with Gasteiger partial charge in [0.2, 0.25) is 11.7 Å². The molecule has 10 heteroatoms. The second kappa shape index (κ2) is 9.92. The first kappa shape index (κ1) is 22.5. The molecule has 4 aromatic rings. The number of carbonyl (C=O) groups is 1. The number of halogens is 1. The Hall–Kier alpha value is -3.27. The lowest BCUT2D eigenvalue weighted by Gasteiger charge is -2.33. The van der Waals surface area contributed by atoms with Gasteiger partial charge in [-0.05, 0) is 36.4 Å². The first-order chi connectivity index (χ1) is 16.6. The molecule has 0 aliphatic carbocycles. The van der Waals surface area contributed by atoms with Crippen LogP contribution in [0.2, 0.25) is 5.02 Å². The summed E-state index contributed by atoms with van der Waals surface area (Å²) in [7, 11) is 1.63. The smallest absolute Gasteiger partial charge is 0.273 e. The van der Waals surface area contributed by atoms with Crippen LogP contribution in [-0.4, -0.2) is 64.1 Å². The Kier molecular flexibility index (Phi) is 6.57. The van der Waals surface area contributed by atoms with E-state index in [0.29, 0.717) is 55.2 Å². The summed E-state index contributed by atoms with van der Waals surface area (Å²) in [5.41, 5.74) is 2.20. The first-order valence-corrected chi connectivity index (χ1v) is 12.1. The molecule has 0 radical (unpaired) electrons. The molecule has 0 unspecified atom stereocenters. The molecule has 5 rings (SSSR count). The highest BCUT2D eigenvalue weighted by molar-refractivity contribution is 7.13. The van der Waals surface area contributed by atoms with Crippen molar-refractivity contribution in [3.63, 3.8) is 0 Å². The summed E-state index contributed by atoms with van der Waals surface area (Å²) >= 11 is 7.38. The molecule has 34 heavy (non-hydrogen) atoms. The predicted molar refractivity (Wildman–Crippen MR) is 130 cm³/mol. The Morgan fingerprint density at radius 1 is 1.09 bits per heavy atom. The fraction of sp³-hybridized carbons (Fsp3) is 0.250. The second-order valence-corrected chi connectivity index (χ2v) is 9.12. The van der Waals surface area contributed by atoms with Gasteiger partial charge in [-0.25, -0.2) is 4.98 Å². The van der Waals surface area contributed by atoms with Crippen LogP contribution in [0, 0.1) is 0 Å².